The Morgan fingerprint density at radius 1 is 1.00 bits per heavy atom. The predicted molar refractivity (Wildman–Crippen MR) is 126 cm³/mol. The Balaban J connectivity index is 1.28. The van der Waals surface area contributed by atoms with E-state index in [1.807, 2.05) is 0 Å². The minimum absolute atomic E-state index is 0.0600. The number of rotatable bonds is 4. The average molecular weight is 446 g/mol. The highest BCUT2D eigenvalue weighted by Crippen LogP contribution is 2.45. The highest BCUT2D eigenvalue weighted by Gasteiger charge is 2.54. The van der Waals surface area contributed by atoms with Crippen LogP contribution in [0.3, 0.4) is 0 Å². The van der Waals surface area contributed by atoms with Crippen LogP contribution in [0.2, 0.25) is 0 Å². The molecule has 2 fully saturated rings. The van der Waals surface area contributed by atoms with Gasteiger partial charge in [-0.05, 0) is 65.4 Å². The van der Waals surface area contributed by atoms with E-state index >= 15 is 0 Å². The van der Waals surface area contributed by atoms with Gasteiger partial charge in [0.2, 0.25) is 5.91 Å². The van der Waals surface area contributed by atoms with Gasteiger partial charge in [-0.25, -0.2) is 4.39 Å². The Morgan fingerprint density at radius 3 is 2.45 bits per heavy atom. The second-order valence-corrected chi connectivity index (χ2v) is 9.49. The number of benzene rings is 3. The first-order valence-electron chi connectivity index (χ1n) is 11.8. The van der Waals surface area contributed by atoms with Gasteiger partial charge < -0.3 is 14.9 Å². The molecule has 2 aliphatic heterocycles. The fourth-order valence-corrected chi connectivity index (χ4v) is 6.25. The number of hydrogen-bond donors (Lipinski definition) is 1. The molecule has 3 aliphatic rings. The first-order valence-corrected chi connectivity index (χ1v) is 11.8. The third kappa shape index (κ3) is 3.15. The number of hydrogen-bond acceptors (Lipinski definition) is 4. The number of β-amino-alcohol motifs (C(OH)–C–C–N with tert-alkyl or cyclic N) is 1. The quantitative estimate of drug-likeness (QED) is 0.665. The van der Waals surface area contributed by atoms with E-state index in [1.54, 1.807) is 17.0 Å². The topological polar surface area (TPSA) is 47.0 Å². The highest BCUT2D eigenvalue weighted by atomic mass is 19.1. The molecule has 5 nitrogen and oxygen atoms in total. The molecule has 0 bridgehead atoms. The molecule has 0 saturated carbocycles. The van der Waals surface area contributed by atoms with Crippen molar-refractivity contribution in [2.75, 3.05) is 37.8 Å². The molecule has 6 rings (SSSR count). The summed E-state index contributed by atoms with van der Waals surface area (Å²) in [4.78, 5) is 20.0. The Morgan fingerprint density at radius 2 is 1.73 bits per heavy atom. The maximum absolute atomic E-state index is 13.6. The molecule has 170 valence electrons. The molecular formula is C27H28FN3O2. The van der Waals surface area contributed by atoms with E-state index in [0.717, 1.165) is 25.2 Å². The van der Waals surface area contributed by atoms with Crippen molar-refractivity contribution >= 4 is 22.4 Å². The predicted octanol–water partition coefficient (Wildman–Crippen LogP) is 3.71. The summed E-state index contributed by atoms with van der Waals surface area (Å²) in [5, 5.41) is 12.2. The van der Waals surface area contributed by atoms with Gasteiger partial charge in [-0.15, -0.1) is 0 Å². The van der Waals surface area contributed by atoms with Crippen LogP contribution < -0.4 is 4.90 Å². The number of nitrogens with zero attached hydrogens (tertiary/aromatic N) is 3. The van der Waals surface area contributed by atoms with E-state index in [-0.39, 0.29) is 18.3 Å². The SMILES string of the molecule is O=C1N(CCO)CN(c2ccc(F)cc2)C12CCN(C1Cc3cccc4cccc1c34)CC2. The maximum Gasteiger partial charge on any atom is 0.250 e. The van der Waals surface area contributed by atoms with Crippen LogP contribution in [0.15, 0.2) is 60.7 Å². The zero-order chi connectivity index (χ0) is 22.6. The van der Waals surface area contributed by atoms with Crippen LogP contribution >= 0.6 is 0 Å². The lowest BCUT2D eigenvalue weighted by molar-refractivity contribution is -0.134. The number of likely N-dealkylation sites (tertiary alicyclic amines) is 1. The van der Waals surface area contributed by atoms with Gasteiger partial charge in [0.05, 0.1) is 13.3 Å². The van der Waals surface area contributed by atoms with E-state index in [4.69, 9.17) is 0 Å². The molecule has 1 N–H and O–H groups in total. The van der Waals surface area contributed by atoms with Crippen LogP contribution in [-0.4, -0.2) is 59.3 Å². The summed E-state index contributed by atoms with van der Waals surface area (Å²) in [6.45, 7) is 2.34. The summed E-state index contributed by atoms with van der Waals surface area (Å²) in [6, 6.07) is 19.9. The first-order chi connectivity index (χ1) is 16.1. The monoisotopic (exact) mass is 445 g/mol. The fourth-order valence-electron chi connectivity index (χ4n) is 6.25. The lowest BCUT2D eigenvalue weighted by Crippen LogP contribution is -2.57. The first kappa shape index (κ1) is 20.6. The Labute approximate surface area is 193 Å². The van der Waals surface area contributed by atoms with E-state index in [9.17, 15) is 14.3 Å². The molecular weight excluding hydrogens is 417 g/mol. The minimum atomic E-state index is -0.638. The van der Waals surface area contributed by atoms with Crippen LogP contribution in [0.5, 0.6) is 0 Å². The number of piperidine rings is 1. The van der Waals surface area contributed by atoms with Crippen molar-refractivity contribution in [3.63, 3.8) is 0 Å². The van der Waals surface area contributed by atoms with Crippen LogP contribution in [-0.2, 0) is 11.2 Å². The number of aliphatic hydroxyl groups excluding tert-OH is 1. The number of carbonyl (C=O) groups is 1. The molecule has 1 atom stereocenters. The number of aliphatic hydroxyl groups is 1. The standard InChI is InChI=1S/C27H28FN3O2/c28-21-7-9-22(10-8-21)31-18-30(15-16-32)26(33)27(31)11-13-29(14-12-27)24-17-20-5-1-3-19-4-2-6-23(24)25(19)20/h1-10,24,32H,11-18H2. The Kier molecular flexibility index (Phi) is 4.89. The van der Waals surface area contributed by atoms with Gasteiger partial charge in [0.25, 0.3) is 0 Å². The fraction of sp³-hybridized carbons (Fsp3) is 0.370. The van der Waals surface area contributed by atoms with Crippen LogP contribution in [0.4, 0.5) is 10.1 Å². The third-order valence-corrected chi connectivity index (χ3v) is 7.88. The zero-order valence-electron chi connectivity index (χ0n) is 18.6. The largest absolute Gasteiger partial charge is 0.395 e. The van der Waals surface area contributed by atoms with Crippen LogP contribution in [0.1, 0.15) is 30.0 Å². The van der Waals surface area contributed by atoms with Crippen LogP contribution in [0, 0.1) is 5.82 Å². The van der Waals surface area contributed by atoms with Gasteiger partial charge in [0.15, 0.2) is 0 Å². The van der Waals surface area contributed by atoms with Gasteiger partial charge >= 0.3 is 0 Å². The van der Waals surface area contributed by atoms with Gasteiger partial charge in [0, 0.05) is 31.4 Å². The normalized spacial score (nSPS) is 22.1. The summed E-state index contributed by atoms with van der Waals surface area (Å²) in [6.07, 6.45) is 2.44. The van der Waals surface area contributed by atoms with E-state index in [2.05, 4.69) is 46.2 Å². The molecule has 6 heteroatoms. The molecule has 2 saturated heterocycles. The molecule has 2 heterocycles. The summed E-state index contributed by atoms with van der Waals surface area (Å²) in [7, 11) is 0. The molecule has 1 unspecified atom stereocenters. The number of carbonyl (C=O) groups excluding carboxylic acids is 1. The zero-order valence-corrected chi connectivity index (χ0v) is 18.6. The molecule has 3 aromatic rings. The van der Waals surface area contributed by atoms with Gasteiger partial charge in [-0.3, -0.25) is 9.69 Å². The Hall–Kier alpha value is -2.96. The molecule has 3 aromatic carbocycles. The molecule has 0 radical (unpaired) electrons. The Bertz CT molecular complexity index is 1200. The summed E-state index contributed by atoms with van der Waals surface area (Å²) in [5.74, 6) is -0.201. The van der Waals surface area contributed by atoms with E-state index in [1.165, 1.54) is 34.0 Å². The third-order valence-electron chi connectivity index (χ3n) is 7.88. The lowest BCUT2D eigenvalue weighted by Gasteiger charge is -2.45. The molecule has 1 spiro atoms. The van der Waals surface area contributed by atoms with Gasteiger partial charge in [0.1, 0.15) is 11.4 Å². The van der Waals surface area contributed by atoms with Crippen LogP contribution in [0.25, 0.3) is 10.8 Å². The average Bonchev–Trinajstić information content (AvgIpc) is 3.34. The van der Waals surface area contributed by atoms with Crippen molar-refractivity contribution in [2.45, 2.75) is 30.8 Å². The summed E-state index contributed by atoms with van der Waals surface area (Å²) in [5.41, 5.74) is 3.03. The van der Waals surface area contributed by atoms with Crippen molar-refractivity contribution in [3.8, 4) is 0 Å². The second kappa shape index (κ2) is 7.82. The van der Waals surface area contributed by atoms with Crippen molar-refractivity contribution in [1.29, 1.82) is 0 Å². The molecule has 0 aromatic heterocycles. The summed E-state index contributed by atoms with van der Waals surface area (Å²) < 4.78 is 13.6. The van der Waals surface area contributed by atoms with Gasteiger partial charge in [-0.2, -0.15) is 0 Å². The summed E-state index contributed by atoms with van der Waals surface area (Å²) >= 11 is 0. The maximum atomic E-state index is 13.6. The number of amides is 1. The van der Waals surface area contributed by atoms with Crippen molar-refractivity contribution in [3.05, 3.63) is 77.6 Å². The minimum Gasteiger partial charge on any atom is -0.395 e. The molecule has 1 aliphatic carbocycles. The van der Waals surface area contributed by atoms with Crippen molar-refractivity contribution < 1.29 is 14.3 Å². The van der Waals surface area contributed by atoms with Crippen molar-refractivity contribution in [1.82, 2.24) is 9.80 Å². The second-order valence-electron chi connectivity index (χ2n) is 9.49. The molecule has 33 heavy (non-hydrogen) atoms. The van der Waals surface area contributed by atoms with Gasteiger partial charge in [-0.1, -0.05) is 36.4 Å². The smallest absolute Gasteiger partial charge is 0.250 e. The molecule has 1 amide bonds. The van der Waals surface area contributed by atoms with Crippen molar-refractivity contribution in [2.24, 2.45) is 0 Å². The van der Waals surface area contributed by atoms with E-state index < -0.39 is 5.54 Å². The highest BCUT2D eigenvalue weighted by molar-refractivity contribution is 5.94. The number of anilines is 1. The van der Waals surface area contributed by atoms with E-state index in [0.29, 0.717) is 32.1 Å². The number of halogens is 1. The lowest BCUT2D eigenvalue weighted by atomic mass is 9.84.